The summed E-state index contributed by atoms with van der Waals surface area (Å²) in [4.78, 5) is 11.2. The highest BCUT2D eigenvalue weighted by Gasteiger charge is 2.17. The molecule has 0 amide bonds. The number of rotatable bonds is 7. The lowest BCUT2D eigenvalue weighted by molar-refractivity contribution is -0.143. The fraction of sp³-hybridized carbons (Fsp3) is 0.417. The second-order valence-corrected chi connectivity index (χ2v) is 6.59. The molecule has 0 saturated carbocycles. The maximum Gasteiger partial charge on any atom is 0.305 e. The molecule has 0 aliphatic heterocycles. The number of esters is 1. The van der Waals surface area contributed by atoms with Crippen LogP contribution >= 0.6 is 15.9 Å². The number of halogens is 1. The third-order valence-corrected chi connectivity index (χ3v) is 4.84. The molecule has 1 aromatic carbocycles. The maximum atomic E-state index is 12.0. The Labute approximate surface area is 126 Å². The number of hydrogen-bond acceptors (Lipinski definition) is 5. The zero-order chi connectivity index (χ0) is 15.2. The maximum absolute atomic E-state index is 12.0. The quantitative estimate of drug-likeness (QED) is 0.435. The fourth-order valence-corrected chi connectivity index (χ4v) is 3.65. The summed E-state index contributed by atoms with van der Waals surface area (Å²) < 4.78 is 31.7. The van der Waals surface area contributed by atoms with Gasteiger partial charge in [0, 0.05) is 23.1 Å². The van der Waals surface area contributed by atoms with Crippen molar-refractivity contribution in [3.05, 3.63) is 22.7 Å². The molecule has 0 aromatic heterocycles. The molecule has 1 rings (SSSR count). The lowest BCUT2D eigenvalue weighted by Gasteiger charge is -2.09. The summed E-state index contributed by atoms with van der Waals surface area (Å²) in [5.41, 5.74) is 6.03. The SMILES string of the molecule is CCOC(=O)CCCNS(=O)(=O)c1ccc(N)cc1Br. The van der Waals surface area contributed by atoms with Crippen molar-refractivity contribution in [1.29, 1.82) is 0 Å². The first kappa shape index (κ1) is 16.9. The Bertz CT molecular complexity index is 575. The van der Waals surface area contributed by atoms with Crippen molar-refractivity contribution in [2.45, 2.75) is 24.7 Å². The van der Waals surface area contributed by atoms with Crippen molar-refractivity contribution < 1.29 is 17.9 Å². The van der Waals surface area contributed by atoms with E-state index < -0.39 is 10.0 Å². The standard InChI is InChI=1S/C12H17BrN2O4S/c1-2-19-12(16)4-3-7-15-20(17,18)11-6-5-9(14)8-10(11)13/h5-6,8,15H,2-4,7,14H2,1H3. The van der Waals surface area contributed by atoms with E-state index in [4.69, 9.17) is 10.5 Å². The van der Waals surface area contributed by atoms with Gasteiger partial charge in [-0.1, -0.05) is 0 Å². The molecule has 0 unspecified atom stereocenters. The zero-order valence-electron chi connectivity index (χ0n) is 11.1. The number of carbonyl (C=O) groups excluding carboxylic acids is 1. The Kier molecular flexibility index (Phi) is 6.44. The molecule has 6 nitrogen and oxygen atoms in total. The van der Waals surface area contributed by atoms with Crippen LogP contribution in [0.15, 0.2) is 27.6 Å². The Balaban J connectivity index is 2.56. The van der Waals surface area contributed by atoms with Crippen molar-refractivity contribution in [2.75, 3.05) is 18.9 Å². The minimum absolute atomic E-state index is 0.114. The summed E-state index contributed by atoms with van der Waals surface area (Å²) in [5, 5.41) is 0. The molecular formula is C12H17BrN2O4S. The summed E-state index contributed by atoms with van der Waals surface area (Å²) in [6.45, 7) is 2.21. The number of ether oxygens (including phenoxy) is 1. The Morgan fingerprint density at radius 3 is 2.75 bits per heavy atom. The molecule has 0 fully saturated rings. The molecule has 0 radical (unpaired) electrons. The van der Waals surface area contributed by atoms with Gasteiger partial charge >= 0.3 is 5.97 Å². The number of hydrogen-bond donors (Lipinski definition) is 2. The van der Waals surface area contributed by atoms with Crippen LogP contribution in [0.4, 0.5) is 5.69 Å². The Morgan fingerprint density at radius 1 is 1.45 bits per heavy atom. The number of anilines is 1. The van der Waals surface area contributed by atoms with Crippen LogP contribution in [0.25, 0.3) is 0 Å². The molecule has 112 valence electrons. The molecule has 0 heterocycles. The summed E-state index contributed by atoms with van der Waals surface area (Å²) in [7, 11) is -3.62. The van der Waals surface area contributed by atoms with Gasteiger partial charge in [0.1, 0.15) is 0 Å². The lowest BCUT2D eigenvalue weighted by Crippen LogP contribution is -2.25. The van der Waals surface area contributed by atoms with E-state index in [9.17, 15) is 13.2 Å². The minimum Gasteiger partial charge on any atom is -0.466 e. The molecule has 3 N–H and O–H groups in total. The highest BCUT2D eigenvalue weighted by Crippen LogP contribution is 2.23. The minimum atomic E-state index is -3.62. The van der Waals surface area contributed by atoms with E-state index in [-0.39, 0.29) is 23.8 Å². The summed E-state index contributed by atoms with van der Waals surface area (Å²) in [6, 6.07) is 4.46. The average Bonchev–Trinajstić information content (AvgIpc) is 2.34. The molecule has 0 atom stereocenters. The largest absolute Gasteiger partial charge is 0.466 e. The molecule has 8 heteroatoms. The molecule has 0 saturated heterocycles. The fourth-order valence-electron chi connectivity index (χ4n) is 1.49. The smallest absolute Gasteiger partial charge is 0.305 e. The van der Waals surface area contributed by atoms with Crippen molar-refractivity contribution in [3.63, 3.8) is 0 Å². The van der Waals surface area contributed by atoms with Crippen LogP contribution < -0.4 is 10.5 Å². The molecule has 0 aliphatic carbocycles. The number of benzene rings is 1. The molecular weight excluding hydrogens is 348 g/mol. The van der Waals surface area contributed by atoms with Gasteiger partial charge in [0.25, 0.3) is 0 Å². The predicted molar refractivity (Wildman–Crippen MR) is 79.6 cm³/mol. The van der Waals surface area contributed by atoms with Crippen molar-refractivity contribution >= 4 is 37.6 Å². The third-order valence-electron chi connectivity index (χ3n) is 2.40. The highest BCUT2D eigenvalue weighted by molar-refractivity contribution is 9.10. The number of nitrogens with two attached hydrogens (primary N) is 1. The van der Waals surface area contributed by atoms with Gasteiger partial charge in [0.15, 0.2) is 0 Å². The van der Waals surface area contributed by atoms with Crippen molar-refractivity contribution in [2.24, 2.45) is 0 Å². The van der Waals surface area contributed by atoms with Gasteiger partial charge in [-0.25, -0.2) is 13.1 Å². The van der Waals surface area contributed by atoms with Crippen LogP contribution in [0, 0.1) is 0 Å². The van der Waals surface area contributed by atoms with Gasteiger partial charge in [-0.15, -0.1) is 0 Å². The van der Waals surface area contributed by atoms with Gasteiger partial charge in [-0.05, 0) is 47.5 Å². The van der Waals surface area contributed by atoms with E-state index in [1.165, 1.54) is 18.2 Å². The van der Waals surface area contributed by atoms with Crippen LogP contribution in [-0.4, -0.2) is 27.5 Å². The van der Waals surface area contributed by atoms with E-state index in [1.807, 2.05) is 0 Å². The van der Waals surface area contributed by atoms with Crippen LogP contribution in [0.2, 0.25) is 0 Å². The van der Waals surface area contributed by atoms with Crippen LogP contribution in [0.3, 0.4) is 0 Å². The first-order chi connectivity index (χ1) is 9.36. The second-order valence-electron chi connectivity index (χ2n) is 4.00. The van der Waals surface area contributed by atoms with Gasteiger partial charge < -0.3 is 10.5 Å². The lowest BCUT2D eigenvalue weighted by atomic mass is 10.3. The van der Waals surface area contributed by atoms with E-state index in [0.29, 0.717) is 23.2 Å². The van der Waals surface area contributed by atoms with E-state index in [2.05, 4.69) is 20.7 Å². The van der Waals surface area contributed by atoms with Gasteiger partial charge in [0.2, 0.25) is 10.0 Å². The van der Waals surface area contributed by atoms with E-state index >= 15 is 0 Å². The molecule has 1 aromatic rings. The van der Waals surface area contributed by atoms with Crippen LogP contribution in [0.5, 0.6) is 0 Å². The van der Waals surface area contributed by atoms with Crippen LogP contribution in [0.1, 0.15) is 19.8 Å². The third kappa shape index (κ3) is 5.10. The van der Waals surface area contributed by atoms with Crippen molar-refractivity contribution in [1.82, 2.24) is 4.72 Å². The first-order valence-electron chi connectivity index (χ1n) is 6.07. The normalized spacial score (nSPS) is 11.3. The molecule has 0 bridgehead atoms. The van der Waals surface area contributed by atoms with E-state index in [0.717, 1.165) is 0 Å². The van der Waals surface area contributed by atoms with Gasteiger partial charge in [-0.2, -0.15) is 0 Å². The van der Waals surface area contributed by atoms with Crippen molar-refractivity contribution in [3.8, 4) is 0 Å². The second kappa shape index (κ2) is 7.61. The predicted octanol–water partition coefficient (Wildman–Crippen LogP) is 1.65. The van der Waals surface area contributed by atoms with Gasteiger partial charge in [0.05, 0.1) is 11.5 Å². The molecule has 0 aliphatic rings. The highest BCUT2D eigenvalue weighted by atomic mass is 79.9. The van der Waals surface area contributed by atoms with Gasteiger partial charge in [-0.3, -0.25) is 4.79 Å². The Hall–Kier alpha value is -1.12. The van der Waals surface area contributed by atoms with E-state index in [1.54, 1.807) is 6.92 Å². The Morgan fingerprint density at radius 2 is 2.15 bits per heavy atom. The zero-order valence-corrected chi connectivity index (χ0v) is 13.5. The summed E-state index contributed by atoms with van der Waals surface area (Å²) in [5.74, 6) is -0.333. The summed E-state index contributed by atoms with van der Waals surface area (Å²) >= 11 is 3.16. The molecule has 20 heavy (non-hydrogen) atoms. The monoisotopic (exact) mass is 364 g/mol. The molecule has 0 spiro atoms. The van der Waals surface area contributed by atoms with Crippen LogP contribution in [-0.2, 0) is 19.6 Å². The number of nitrogen functional groups attached to an aromatic ring is 1. The summed E-state index contributed by atoms with van der Waals surface area (Å²) in [6.07, 6.45) is 0.559. The number of nitrogens with one attached hydrogen (secondary N) is 1. The average molecular weight is 365 g/mol. The first-order valence-corrected chi connectivity index (χ1v) is 8.34. The number of carbonyl (C=O) groups is 1. The number of sulfonamides is 1. The topological polar surface area (TPSA) is 98.5 Å².